The average Bonchev–Trinajstić information content (AvgIpc) is 2.55. The maximum absolute atomic E-state index is 12.5. The Hall–Kier alpha value is -1.36. The third-order valence-corrected chi connectivity index (χ3v) is 3.68. The van der Waals surface area contributed by atoms with Gasteiger partial charge in [0.1, 0.15) is 5.75 Å². The van der Waals surface area contributed by atoms with Crippen molar-refractivity contribution in [2.75, 3.05) is 20.6 Å². The monoisotopic (exact) mass is 504 g/mol. The number of carbonyl (C=O) groups excluding carboxylic acids is 1. The van der Waals surface area contributed by atoms with Crippen molar-refractivity contribution in [3.05, 3.63) is 28.8 Å². The van der Waals surface area contributed by atoms with E-state index in [0.717, 1.165) is 0 Å². The van der Waals surface area contributed by atoms with Crippen molar-refractivity contribution in [1.82, 2.24) is 16.0 Å². The van der Waals surface area contributed by atoms with Gasteiger partial charge in [-0.2, -0.15) is 8.78 Å². The molecule has 0 aliphatic heterocycles. The second-order valence-corrected chi connectivity index (χ2v) is 6.31. The van der Waals surface area contributed by atoms with E-state index in [1.165, 1.54) is 18.2 Å². The molecule has 0 aliphatic rings. The lowest BCUT2D eigenvalue weighted by Crippen LogP contribution is -2.47. The van der Waals surface area contributed by atoms with Crippen LogP contribution in [0.4, 0.5) is 8.78 Å². The van der Waals surface area contributed by atoms with Gasteiger partial charge >= 0.3 is 6.61 Å². The minimum Gasteiger partial charge on any atom is -0.434 e. The number of aliphatic imine (C=N–C) groups is 1. The molecule has 0 atom stereocenters. The van der Waals surface area contributed by atoms with Gasteiger partial charge in [-0.3, -0.25) is 9.79 Å². The number of ether oxygens (including phenoxy) is 1. The summed E-state index contributed by atoms with van der Waals surface area (Å²) in [5, 5.41) is 9.01. The third kappa shape index (κ3) is 7.90. The molecule has 1 aromatic carbocycles. The van der Waals surface area contributed by atoms with Gasteiger partial charge in [0.05, 0.1) is 5.41 Å². The first-order valence-electron chi connectivity index (χ1n) is 7.59. The number of rotatable bonds is 7. The van der Waals surface area contributed by atoms with Gasteiger partial charge in [0.15, 0.2) is 5.96 Å². The van der Waals surface area contributed by atoms with E-state index in [2.05, 4.69) is 25.7 Å². The largest absolute Gasteiger partial charge is 0.434 e. The highest BCUT2D eigenvalue weighted by Gasteiger charge is 2.26. The predicted molar refractivity (Wildman–Crippen MR) is 110 cm³/mol. The SMILES string of the molecule is CN=C(NCc1cc(Cl)ccc1OC(F)F)NCC(C)(C)C(=O)NC.I. The molecule has 26 heavy (non-hydrogen) atoms. The lowest BCUT2D eigenvalue weighted by atomic mass is 9.92. The van der Waals surface area contributed by atoms with Gasteiger partial charge in [-0.05, 0) is 32.0 Å². The molecule has 0 spiro atoms. The second kappa shape index (κ2) is 11.4. The van der Waals surface area contributed by atoms with Crippen LogP contribution in [0.3, 0.4) is 0 Å². The zero-order chi connectivity index (χ0) is 19.0. The first kappa shape index (κ1) is 24.6. The van der Waals surface area contributed by atoms with Crippen LogP contribution in [0, 0.1) is 5.41 Å². The number of nitrogens with zero attached hydrogens (tertiary/aromatic N) is 1. The molecule has 148 valence electrons. The number of halogens is 4. The number of alkyl halides is 2. The molecule has 0 saturated carbocycles. The zero-order valence-electron chi connectivity index (χ0n) is 15.0. The number of benzene rings is 1. The van der Waals surface area contributed by atoms with E-state index in [1.54, 1.807) is 27.9 Å². The van der Waals surface area contributed by atoms with E-state index in [4.69, 9.17) is 11.6 Å². The zero-order valence-corrected chi connectivity index (χ0v) is 18.1. The summed E-state index contributed by atoms with van der Waals surface area (Å²) in [5.74, 6) is 0.339. The molecule has 10 heteroatoms. The lowest BCUT2D eigenvalue weighted by molar-refractivity contribution is -0.128. The van der Waals surface area contributed by atoms with Gasteiger partial charge in [0.2, 0.25) is 5.91 Å². The number of carbonyl (C=O) groups is 1. The van der Waals surface area contributed by atoms with Gasteiger partial charge in [-0.25, -0.2) is 0 Å². The Bertz CT molecular complexity index is 630. The van der Waals surface area contributed by atoms with Gasteiger partial charge in [-0.15, -0.1) is 24.0 Å². The Morgan fingerprint density at radius 1 is 1.35 bits per heavy atom. The fourth-order valence-corrected chi connectivity index (χ4v) is 2.21. The summed E-state index contributed by atoms with van der Waals surface area (Å²) in [6.45, 7) is 1.16. The molecule has 0 aliphatic carbocycles. The minimum atomic E-state index is -2.93. The maximum Gasteiger partial charge on any atom is 0.387 e. The van der Waals surface area contributed by atoms with Crippen LogP contribution in [-0.4, -0.2) is 39.1 Å². The Morgan fingerprint density at radius 2 is 2.00 bits per heavy atom. The van der Waals surface area contributed by atoms with Crippen LogP contribution in [0.5, 0.6) is 5.75 Å². The summed E-state index contributed by atoms with van der Waals surface area (Å²) in [6, 6.07) is 4.39. The number of amides is 1. The summed E-state index contributed by atoms with van der Waals surface area (Å²) < 4.78 is 29.4. The van der Waals surface area contributed by atoms with Gasteiger partial charge < -0.3 is 20.7 Å². The molecule has 0 saturated heterocycles. The molecule has 1 aromatic rings. The first-order chi connectivity index (χ1) is 11.7. The quantitative estimate of drug-likeness (QED) is 0.303. The second-order valence-electron chi connectivity index (χ2n) is 5.87. The van der Waals surface area contributed by atoms with E-state index in [9.17, 15) is 13.6 Å². The minimum absolute atomic E-state index is 0. The fraction of sp³-hybridized carbons (Fsp3) is 0.500. The molecular weight excluding hydrogens is 481 g/mol. The van der Waals surface area contributed by atoms with Crippen LogP contribution in [0.25, 0.3) is 0 Å². The summed E-state index contributed by atoms with van der Waals surface area (Å²) in [6.07, 6.45) is 0. The van der Waals surface area contributed by atoms with Gasteiger partial charge in [-0.1, -0.05) is 11.6 Å². The van der Waals surface area contributed by atoms with Crippen LogP contribution < -0.4 is 20.7 Å². The molecule has 0 unspecified atom stereocenters. The molecule has 0 heterocycles. The van der Waals surface area contributed by atoms with Gasteiger partial charge in [0.25, 0.3) is 0 Å². The number of hydrogen-bond acceptors (Lipinski definition) is 3. The molecular formula is C16H24ClF2IN4O2. The highest BCUT2D eigenvalue weighted by molar-refractivity contribution is 14.0. The highest BCUT2D eigenvalue weighted by atomic mass is 127. The molecule has 0 bridgehead atoms. The summed E-state index contributed by atoms with van der Waals surface area (Å²) in [7, 11) is 3.14. The van der Waals surface area contributed by atoms with Crippen molar-refractivity contribution >= 4 is 47.4 Å². The molecule has 1 amide bonds. The molecule has 0 fully saturated rings. The molecule has 3 N–H and O–H groups in total. The first-order valence-corrected chi connectivity index (χ1v) is 7.97. The standard InChI is InChI=1S/C16H23ClF2N4O2.HI/c1-16(2,13(24)20-3)9-23-15(21-4)22-8-10-7-11(17)5-6-12(10)25-14(18)19;/h5-7,14H,8-9H2,1-4H3,(H,20,24)(H2,21,22,23);1H. The van der Waals surface area contributed by atoms with E-state index < -0.39 is 12.0 Å². The third-order valence-electron chi connectivity index (χ3n) is 3.45. The molecule has 0 radical (unpaired) electrons. The Kier molecular flexibility index (Phi) is 10.8. The fourth-order valence-electron chi connectivity index (χ4n) is 2.02. The van der Waals surface area contributed by atoms with E-state index in [0.29, 0.717) is 23.1 Å². The van der Waals surface area contributed by atoms with Crippen molar-refractivity contribution in [3.63, 3.8) is 0 Å². The van der Waals surface area contributed by atoms with Crippen LogP contribution in [0.15, 0.2) is 23.2 Å². The molecule has 1 rings (SSSR count). The normalized spacial score (nSPS) is 11.6. The van der Waals surface area contributed by atoms with Crippen molar-refractivity contribution < 1.29 is 18.3 Å². The summed E-state index contributed by atoms with van der Waals surface area (Å²) >= 11 is 5.91. The van der Waals surface area contributed by atoms with E-state index >= 15 is 0 Å². The maximum atomic E-state index is 12.5. The van der Waals surface area contributed by atoms with Crippen molar-refractivity contribution in [3.8, 4) is 5.75 Å². The number of nitrogens with one attached hydrogen (secondary N) is 3. The topological polar surface area (TPSA) is 74.8 Å². The lowest BCUT2D eigenvalue weighted by Gasteiger charge is -2.24. The van der Waals surface area contributed by atoms with Crippen LogP contribution in [-0.2, 0) is 11.3 Å². The Balaban J connectivity index is 0.00000625. The Labute approximate surface area is 174 Å². The van der Waals surface area contributed by atoms with Gasteiger partial charge in [0, 0.05) is 37.8 Å². The van der Waals surface area contributed by atoms with Crippen molar-refractivity contribution in [2.45, 2.75) is 27.0 Å². The van der Waals surface area contributed by atoms with E-state index in [1.807, 2.05) is 0 Å². The summed E-state index contributed by atoms with van der Waals surface area (Å²) in [5.41, 5.74) is -0.187. The average molecular weight is 505 g/mol. The molecule has 0 aromatic heterocycles. The Morgan fingerprint density at radius 3 is 2.54 bits per heavy atom. The van der Waals surface area contributed by atoms with Crippen LogP contribution >= 0.6 is 35.6 Å². The predicted octanol–water partition coefficient (Wildman–Crippen LogP) is 3.00. The molecule has 6 nitrogen and oxygen atoms in total. The number of guanidine groups is 1. The van der Waals surface area contributed by atoms with Crippen LogP contribution in [0.1, 0.15) is 19.4 Å². The van der Waals surface area contributed by atoms with Crippen LogP contribution in [0.2, 0.25) is 5.02 Å². The van der Waals surface area contributed by atoms with Crippen molar-refractivity contribution in [1.29, 1.82) is 0 Å². The smallest absolute Gasteiger partial charge is 0.387 e. The highest BCUT2D eigenvalue weighted by Crippen LogP contribution is 2.24. The van der Waals surface area contributed by atoms with E-state index in [-0.39, 0.29) is 42.2 Å². The number of hydrogen-bond donors (Lipinski definition) is 3. The summed E-state index contributed by atoms with van der Waals surface area (Å²) in [4.78, 5) is 15.8. The van der Waals surface area contributed by atoms with Crippen molar-refractivity contribution in [2.24, 2.45) is 10.4 Å².